The second-order valence-corrected chi connectivity index (χ2v) is 7.33. The van der Waals surface area contributed by atoms with Crippen LogP contribution >= 0.6 is 23.2 Å². The molecule has 3 rings (SSSR count). The molecule has 0 radical (unpaired) electrons. The Labute approximate surface area is 189 Å². The fourth-order valence-electron chi connectivity index (χ4n) is 2.60. The van der Waals surface area contributed by atoms with Crippen molar-refractivity contribution in [3.05, 3.63) is 93.0 Å². The maximum Gasteiger partial charge on any atom is 0.343 e. The van der Waals surface area contributed by atoms with Crippen LogP contribution in [-0.2, 0) is 0 Å². The van der Waals surface area contributed by atoms with Gasteiger partial charge in [-0.15, -0.1) is 0 Å². The number of hydrazone groups is 1. The summed E-state index contributed by atoms with van der Waals surface area (Å²) in [5.74, 6) is -0.394. The van der Waals surface area contributed by atoms with Gasteiger partial charge in [0, 0.05) is 5.02 Å². The van der Waals surface area contributed by atoms with Crippen LogP contribution in [0, 0.1) is 6.92 Å². The van der Waals surface area contributed by atoms with Crippen molar-refractivity contribution in [1.82, 2.24) is 5.43 Å². The smallest absolute Gasteiger partial charge is 0.343 e. The van der Waals surface area contributed by atoms with Crippen LogP contribution < -0.4 is 14.9 Å². The monoisotopic (exact) mass is 456 g/mol. The van der Waals surface area contributed by atoms with Gasteiger partial charge in [-0.3, -0.25) is 4.79 Å². The van der Waals surface area contributed by atoms with E-state index in [0.717, 1.165) is 5.56 Å². The third-order valence-corrected chi connectivity index (χ3v) is 4.78. The van der Waals surface area contributed by atoms with Crippen LogP contribution in [0.15, 0.2) is 65.8 Å². The van der Waals surface area contributed by atoms with Crippen molar-refractivity contribution in [3.8, 4) is 11.5 Å². The summed E-state index contributed by atoms with van der Waals surface area (Å²) in [4.78, 5) is 24.6. The van der Waals surface area contributed by atoms with Crippen LogP contribution in [-0.4, -0.2) is 25.2 Å². The van der Waals surface area contributed by atoms with E-state index in [1.54, 1.807) is 36.4 Å². The fourth-order valence-corrected chi connectivity index (χ4v) is 3.10. The first-order valence-corrected chi connectivity index (χ1v) is 9.88. The van der Waals surface area contributed by atoms with Gasteiger partial charge in [-0.05, 0) is 61.0 Å². The number of amides is 1. The van der Waals surface area contributed by atoms with Crippen LogP contribution in [0.25, 0.3) is 0 Å². The predicted molar refractivity (Wildman–Crippen MR) is 121 cm³/mol. The lowest BCUT2D eigenvalue weighted by atomic mass is 10.1. The lowest BCUT2D eigenvalue weighted by Crippen LogP contribution is -2.18. The number of methoxy groups -OCH3 is 1. The minimum atomic E-state index is -0.516. The molecular weight excluding hydrogens is 439 g/mol. The lowest BCUT2D eigenvalue weighted by Gasteiger charge is -2.10. The van der Waals surface area contributed by atoms with Gasteiger partial charge in [0.15, 0.2) is 11.5 Å². The molecule has 6 nitrogen and oxygen atoms in total. The highest BCUT2D eigenvalue weighted by molar-refractivity contribution is 6.36. The number of benzene rings is 3. The van der Waals surface area contributed by atoms with Gasteiger partial charge in [0.2, 0.25) is 0 Å². The zero-order valence-electron chi connectivity index (χ0n) is 16.7. The van der Waals surface area contributed by atoms with E-state index in [2.05, 4.69) is 10.5 Å². The van der Waals surface area contributed by atoms with Crippen molar-refractivity contribution in [2.24, 2.45) is 5.10 Å². The van der Waals surface area contributed by atoms with Crippen molar-refractivity contribution in [2.75, 3.05) is 7.11 Å². The van der Waals surface area contributed by atoms with Crippen molar-refractivity contribution < 1.29 is 19.1 Å². The fraction of sp³-hybridized carbons (Fsp3) is 0.0870. The molecule has 1 N–H and O–H groups in total. The molecule has 0 aromatic heterocycles. The Kier molecular flexibility index (Phi) is 7.28. The highest BCUT2D eigenvalue weighted by Gasteiger charge is 2.13. The maximum absolute atomic E-state index is 12.4. The van der Waals surface area contributed by atoms with Crippen LogP contribution in [0.3, 0.4) is 0 Å². The Hall–Kier alpha value is -3.35. The van der Waals surface area contributed by atoms with Gasteiger partial charge in [0.1, 0.15) is 0 Å². The lowest BCUT2D eigenvalue weighted by molar-refractivity contribution is 0.0729. The predicted octanol–water partition coefficient (Wildman–Crippen LogP) is 5.29. The largest absolute Gasteiger partial charge is 0.493 e. The van der Waals surface area contributed by atoms with Gasteiger partial charge in [-0.1, -0.05) is 40.9 Å². The summed E-state index contributed by atoms with van der Waals surface area (Å²) < 4.78 is 10.7. The molecule has 3 aromatic carbocycles. The molecule has 158 valence electrons. The SMILES string of the molecule is COc1ccc(/C=N\NC(=O)c2ccc(Cl)cc2Cl)cc1OC(=O)c1ccc(C)cc1. The molecule has 31 heavy (non-hydrogen) atoms. The standard InChI is InChI=1S/C23H18Cl2N2O4/c1-14-3-6-16(7-4-14)23(29)31-21-11-15(5-10-20(21)30-2)13-26-27-22(28)18-9-8-17(24)12-19(18)25/h3-13H,1-2H3,(H,27,28)/b26-13-. The molecule has 0 atom stereocenters. The normalized spacial score (nSPS) is 10.7. The second kappa shape index (κ2) is 10.1. The summed E-state index contributed by atoms with van der Waals surface area (Å²) in [6.07, 6.45) is 1.41. The van der Waals surface area contributed by atoms with Crippen molar-refractivity contribution in [3.63, 3.8) is 0 Å². The highest BCUT2D eigenvalue weighted by atomic mass is 35.5. The van der Waals surface area contributed by atoms with Crippen LogP contribution in [0.2, 0.25) is 10.0 Å². The Bertz CT molecular complexity index is 1140. The number of rotatable bonds is 6. The van der Waals surface area contributed by atoms with Crippen LogP contribution in [0.1, 0.15) is 31.8 Å². The molecular formula is C23H18Cl2N2O4. The van der Waals surface area contributed by atoms with E-state index in [-0.39, 0.29) is 16.3 Å². The number of esters is 1. The summed E-state index contributed by atoms with van der Waals surface area (Å²) >= 11 is 11.9. The first kappa shape index (κ1) is 22.3. The number of aryl methyl sites for hydroxylation is 1. The molecule has 0 spiro atoms. The summed E-state index contributed by atoms with van der Waals surface area (Å²) in [5.41, 5.74) is 4.66. The van der Waals surface area contributed by atoms with Gasteiger partial charge >= 0.3 is 5.97 Å². The molecule has 0 fully saturated rings. The summed E-state index contributed by atoms with van der Waals surface area (Å²) in [6.45, 7) is 1.93. The van der Waals surface area contributed by atoms with Gasteiger partial charge in [-0.2, -0.15) is 5.10 Å². The molecule has 8 heteroatoms. The molecule has 3 aromatic rings. The van der Waals surface area contributed by atoms with E-state index in [0.29, 0.717) is 21.9 Å². The van der Waals surface area contributed by atoms with Crippen LogP contribution in [0.4, 0.5) is 0 Å². The zero-order valence-corrected chi connectivity index (χ0v) is 18.2. The number of carbonyl (C=O) groups is 2. The third kappa shape index (κ3) is 5.84. The Morgan fingerprint density at radius 2 is 1.71 bits per heavy atom. The van der Waals surface area contributed by atoms with E-state index in [1.807, 2.05) is 19.1 Å². The number of hydrogen-bond acceptors (Lipinski definition) is 5. The minimum Gasteiger partial charge on any atom is -0.493 e. The average Bonchev–Trinajstić information content (AvgIpc) is 2.74. The quantitative estimate of drug-likeness (QED) is 0.236. The maximum atomic E-state index is 12.4. The highest BCUT2D eigenvalue weighted by Crippen LogP contribution is 2.28. The summed E-state index contributed by atoms with van der Waals surface area (Å²) in [6, 6.07) is 16.5. The zero-order chi connectivity index (χ0) is 22.4. The average molecular weight is 457 g/mol. The Morgan fingerprint density at radius 1 is 0.968 bits per heavy atom. The first-order chi connectivity index (χ1) is 14.9. The topological polar surface area (TPSA) is 77.0 Å². The number of hydrogen-bond donors (Lipinski definition) is 1. The summed E-state index contributed by atoms with van der Waals surface area (Å²) in [7, 11) is 1.47. The van der Waals surface area contributed by atoms with E-state index in [9.17, 15) is 9.59 Å². The number of nitrogens with one attached hydrogen (secondary N) is 1. The first-order valence-electron chi connectivity index (χ1n) is 9.12. The van der Waals surface area contributed by atoms with Gasteiger partial charge in [-0.25, -0.2) is 10.2 Å². The molecule has 0 bridgehead atoms. The van der Waals surface area contributed by atoms with E-state index < -0.39 is 11.9 Å². The molecule has 0 unspecified atom stereocenters. The number of carbonyl (C=O) groups excluding carboxylic acids is 2. The van der Waals surface area contributed by atoms with E-state index in [1.165, 1.54) is 25.5 Å². The van der Waals surface area contributed by atoms with Crippen molar-refractivity contribution in [2.45, 2.75) is 6.92 Å². The molecule has 1 amide bonds. The number of halogens is 2. The van der Waals surface area contributed by atoms with Gasteiger partial charge in [0.05, 0.1) is 29.5 Å². The Balaban J connectivity index is 1.72. The molecule has 0 heterocycles. The van der Waals surface area contributed by atoms with Gasteiger partial charge in [0.25, 0.3) is 5.91 Å². The van der Waals surface area contributed by atoms with E-state index >= 15 is 0 Å². The molecule has 0 aliphatic carbocycles. The number of nitrogens with zero attached hydrogens (tertiary/aromatic N) is 1. The summed E-state index contributed by atoms with van der Waals surface area (Å²) in [5, 5.41) is 4.57. The molecule has 0 saturated heterocycles. The van der Waals surface area contributed by atoms with E-state index in [4.69, 9.17) is 32.7 Å². The van der Waals surface area contributed by atoms with Crippen LogP contribution in [0.5, 0.6) is 11.5 Å². The molecule has 0 aliphatic rings. The van der Waals surface area contributed by atoms with Crippen molar-refractivity contribution >= 4 is 41.3 Å². The molecule has 0 saturated carbocycles. The second-order valence-electron chi connectivity index (χ2n) is 6.49. The number of ether oxygens (including phenoxy) is 2. The van der Waals surface area contributed by atoms with Gasteiger partial charge < -0.3 is 9.47 Å². The van der Waals surface area contributed by atoms with Crippen molar-refractivity contribution in [1.29, 1.82) is 0 Å². The Morgan fingerprint density at radius 3 is 2.39 bits per heavy atom. The minimum absolute atomic E-state index is 0.218. The molecule has 0 aliphatic heterocycles. The third-order valence-electron chi connectivity index (χ3n) is 4.23.